The molecule has 0 aromatic heterocycles. The van der Waals surface area contributed by atoms with Crippen molar-refractivity contribution in [1.29, 1.82) is 0 Å². The highest BCUT2D eigenvalue weighted by molar-refractivity contribution is 5.78. The molecule has 1 unspecified atom stereocenters. The number of aryl methyl sites for hydroxylation is 1. The highest BCUT2D eigenvalue weighted by Gasteiger charge is 2.28. The van der Waals surface area contributed by atoms with E-state index in [2.05, 4.69) is 0 Å². The van der Waals surface area contributed by atoms with Crippen LogP contribution in [0.15, 0.2) is 18.2 Å². The zero-order chi connectivity index (χ0) is 10.8. The number of carbonyl (C=O) groups is 1. The molecule has 3 nitrogen and oxygen atoms in total. The molecule has 0 spiro atoms. The summed E-state index contributed by atoms with van der Waals surface area (Å²) < 4.78 is 5.56. The number of hydrogen-bond donors (Lipinski definition) is 1. The monoisotopic (exact) mass is 206 g/mol. The Morgan fingerprint density at radius 1 is 1.60 bits per heavy atom. The first-order valence-corrected chi connectivity index (χ1v) is 5.21. The van der Waals surface area contributed by atoms with Gasteiger partial charge in [0.25, 0.3) is 0 Å². The van der Waals surface area contributed by atoms with Crippen molar-refractivity contribution in [3.63, 3.8) is 0 Å². The summed E-state index contributed by atoms with van der Waals surface area (Å²) in [6.07, 6.45) is 1.44. The number of fused-ring (bicyclic) bond motifs is 1. The molecule has 1 aromatic carbocycles. The van der Waals surface area contributed by atoms with Gasteiger partial charge in [-0.05, 0) is 18.4 Å². The summed E-state index contributed by atoms with van der Waals surface area (Å²) in [5, 5.41) is 9.09. The molecule has 0 amide bonds. The van der Waals surface area contributed by atoms with Crippen LogP contribution < -0.4 is 4.74 Å². The summed E-state index contributed by atoms with van der Waals surface area (Å²) in [4.78, 5) is 11.1. The Balaban J connectivity index is 2.48. The topological polar surface area (TPSA) is 46.5 Å². The summed E-state index contributed by atoms with van der Waals surface area (Å²) in [5.74, 6) is -0.369. The quantitative estimate of drug-likeness (QED) is 0.806. The van der Waals surface area contributed by atoms with Crippen LogP contribution in [0.5, 0.6) is 5.75 Å². The lowest BCUT2D eigenvalue weighted by Crippen LogP contribution is -2.21. The first kappa shape index (κ1) is 10.0. The fourth-order valence-electron chi connectivity index (χ4n) is 2.02. The molecular weight excluding hydrogens is 192 g/mol. The smallest absolute Gasteiger partial charge is 0.311 e. The predicted octanol–water partition coefficient (Wildman–Crippen LogP) is 2.20. The van der Waals surface area contributed by atoms with Gasteiger partial charge in [0.2, 0.25) is 0 Å². The Morgan fingerprint density at radius 2 is 2.40 bits per heavy atom. The number of benzene rings is 1. The number of carboxylic acid groups (broad SMARTS) is 1. The van der Waals surface area contributed by atoms with Gasteiger partial charge in [-0.1, -0.05) is 25.1 Å². The number of carboxylic acids is 1. The molecule has 0 saturated heterocycles. The summed E-state index contributed by atoms with van der Waals surface area (Å²) in [6, 6.07) is 5.75. The second-order valence-electron chi connectivity index (χ2n) is 3.72. The van der Waals surface area contributed by atoms with E-state index in [9.17, 15) is 4.79 Å². The minimum Gasteiger partial charge on any atom is -0.493 e. The summed E-state index contributed by atoms with van der Waals surface area (Å²) >= 11 is 0. The van der Waals surface area contributed by atoms with Crippen molar-refractivity contribution in [3.05, 3.63) is 29.3 Å². The van der Waals surface area contributed by atoms with Crippen molar-refractivity contribution in [2.45, 2.75) is 25.7 Å². The maximum atomic E-state index is 11.1. The molecule has 1 N–H and O–H groups in total. The van der Waals surface area contributed by atoms with Crippen LogP contribution in [0.2, 0.25) is 0 Å². The Hall–Kier alpha value is -1.51. The van der Waals surface area contributed by atoms with Crippen molar-refractivity contribution < 1.29 is 14.6 Å². The van der Waals surface area contributed by atoms with Gasteiger partial charge in [0.05, 0.1) is 12.5 Å². The molecule has 1 aromatic rings. The third-order valence-electron chi connectivity index (χ3n) is 2.83. The van der Waals surface area contributed by atoms with Gasteiger partial charge < -0.3 is 9.84 Å². The Morgan fingerprint density at radius 3 is 3.07 bits per heavy atom. The molecule has 3 heteroatoms. The molecular formula is C12H14O3. The van der Waals surface area contributed by atoms with Crippen molar-refractivity contribution in [2.24, 2.45) is 0 Å². The van der Waals surface area contributed by atoms with Gasteiger partial charge in [0.15, 0.2) is 0 Å². The van der Waals surface area contributed by atoms with Crippen molar-refractivity contribution in [1.82, 2.24) is 0 Å². The Bertz CT molecular complexity index is 384. The maximum absolute atomic E-state index is 11.1. The second-order valence-corrected chi connectivity index (χ2v) is 3.72. The van der Waals surface area contributed by atoms with E-state index >= 15 is 0 Å². The normalized spacial score (nSPS) is 19.1. The first-order valence-electron chi connectivity index (χ1n) is 5.21. The first-order chi connectivity index (χ1) is 7.24. The average molecular weight is 206 g/mol. The van der Waals surface area contributed by atoms with E-state index in [1.807, 2.05) is 25.1 Å². The molecule has 1 heterocycles. The van der Waals surface area contributed by atoms with Gasteiger partial charge in [-0.3, -0.25) is 4.79 Å². The van der Waals surface area contributed by atoms with E-state index in [1.54, 1.807) is 0 Å². The molecule has 1 atom stereocenters. The van der Waals surface area contributed by atoms with E-state index in [4.69, 9.17) is 9.84 Å². The fraction of sp³-hybridized carbons (Fsp3) is 0.417. The van der Waals surface area contributed by atoms with Crippen LogP contribution in [0.1, 0.15) is 30.4 Å². The number of para-hydroxylation sites is 1. The van der Waals surface area contributed by atoms with Gasteiger partial charge in [0.1, 0.15) is 5.75 Å². The largest absolute Gasteiger partial charge is 0.493 e. The standard InChI is InChI=1S/C12H14O3/c1-2-8-4-3-5-9-10(12(13)14)6-7-15-11(8)9/h3-5,10H,2,6-7H2,1H3,(H,13,14). The lowest BCUT2D eigenvalue weighted by molar-refractivity contribution is -0.139. The maximum Gasteiger partial charge on any atom is 0.311 e. The Labute approximate surface area is 88.7 Å². The molecule has 80 valence electrons. The minimum atomic E-state index is -0.757. The van der Waals surface area contributed by atoms with Gasteiger partial charge >= 0.3 is 5.97 Å². The molecule has 0 radical (unpaired) electrons. The predicted molar refractivity (Wildman–Crippen MR) is 56.3 cm³/mol. The van der Waals surface area contributed by atoms with Crippen LogP contribution >= 0.6 is 0 Å². The van der Waals surface area contributed by atoms with E-state index in [1.165, 1.54) is 0 Å². The van der Waals surface area contributed by atoms with Crippen LogP contribution in [0.4, 0.5) is 0 Å². The molecule has 15 heavy (non-hydrogen) atoms. The third-order valence-corrected chi connectivity index (χ3v) is 2.83. The highest BCUT2D eigenvalue weighted by Crippen LogP contribution is 2.36. The third kappa shape index (κ3) is 1.69. The molecule has 0 bridgehead atoms. The van der Waals surface area contributed by atoms with E-state index < -0.39 is 11.9 Å². The zero-order valence-corrected chi connectivity index (χ0v) is 8.69. The molecule has 1 aliphatic rings. The molecule has 1 aliphatic heterocycles. The van der Waals surface area contributed by atoms with Crippen LogP contribution in [-0.2, 0) is 11.2 Å². The van der Waals surface area contributed by atoms with Crippen molar-refractivity contribution in [2.75, 3.05) is 6.61 Å². The minimum absolute atomic E-state index is 0.403. The van der Waals surface area contributed by atoms with Crippen LogP contribution in [0, 0.1) is 0 Å². The van der Waals surface area contributed by atoms with Gasteiger partial charge in [0, 0.05) is 5.56 Å². The zero-order valence-electron chi connectivity index (χ0n) is 8.69. The van der Waals surface area contributed by atoms with Crippen molar-refractivity contribution >= 4 is 5.97 Å². The number of ether oxygens (including phenoxy) is 1. The summed E-state index contributed by atoms with van der Waals surface area (Å²) in [7, 11) is 0. The van der Waals surface area contributed by atoms with E-state index in [0.717, 1.165) is 23.3 Å². The number of aliphatic carboxylic acids is 1. The van der Waals surface area contributed by atoms with Crippen molar-refractivity contribution in [3.8, 4) is 5.75 Å². The van der Waals surface area contributed by atoms with Gasteiger partial charge in [-0.15, -0.1) is 0 Å². The molecule has 0 aliphatic carbocycles. The number of hydrogen-bond acceptors (Lipinski definition) is 2. The van der Waals surface area contributed by atoms with E-state index in [-0.39, 0.29) is 0 Å². The Kier molecular flexibility index (Phi) is 2.62. The van der Waals surface area contributed by atoms with Crippen LogP contribution in [0.25, 0.3) is 0 Å². The SMILES string of the molecule is CCc1cccc2c1OCCC2C(=O)O. The van der Waals surface area contributed by atoms with E-state index in [0.29, 0.717) is 13.0 Å². The lowest BCUT2D eigenvalue weighted by atomic mass is 9.91. The summed E-state index contributed by atoms with van der Waals surface area (Å²) in [6.45, 7) is 2.55. The van der Waals surface area contributed by atoms with Gasteiger partial charge in [-0.2, -0.15) is 0 Å². The highest BCUT2D eigenvalue weighted by atomic mass is 16.5. The van der Waals surface area contributed by atoms with Crippen LogP contribution in [0.3, 0.4) is 0 Å². The average Bonchev–Trinajstić information content (AvgIpc) is 2.27. The fourth-order valence-corrected chi connectivity index (χ4v) is 2.02. The number of rotatable bonds is 2. The second kappa shape index (κ2) is 3.93. The van der Waals surface area contributed by atoms with Crippen LogP contribution in [-0.4, -0.2) is 17.7 Å². The molecule has 0 fully saturated rings. The van der Waals surface area contributed by atoms with Gasteiger partial charge in [-0.25, -0.2) is 0 Å². The summed E-state index contributed by atoms with van der Waals surface area (Å²) in [5.41, 5.74) is 1.92. The lowest BCUT2D eigenvalue weighted by Gasteiger charge is -2.24. The molecule has 2 rings (SSSR count). The molecule has 0 saturated carbocycles.